The Hall–Kier alpha value is -1.10. The summed E-state index contributed by atoms with van der Waals surface area (Å²) >= 11 is 0. The predicted octanol–water partition coefficient (Wildman–Crippen LogP) is -1.43. The molecule has 0 radical (unpaired) electrons. The quantitative estimate of drug-likeness (QED) is 0.455. The molecule has 3 N–H and O–H groups in total. The van der Waals surface area contributed by atoms with Gasteiger partial charge in [-0.1, -0.05) is 0 Å². The third-order valence-corrected chi connectivity index (χ3v) is 0.776. The van der Waals surface area contributed by atoms with Crippen molar-refractivity contribution in [2.45, 2.75) is 6.42 Å². The molecule has 0 atom stereocenters. The number of aliphatic hydroxyl groups excluding tert-OH is 1. The van der Waals surface area contributed by atoms with Crippen LogP contribution in [-0.4, -0.2) is 35.2 Å². The molecule has 0 heterocycles. The Kier molecular flexibility index (Phi) is 4.23. The standard InChI is InChI=1S/C5H9NO4/c7-2-1-4(8)6-3-5(9)10/h7H,1-3H2,(H,6,8)(H,9,10). The van der Waals surface area contributed by atoms with Gasteiger partial charge in [-0.25, -0.2) is 0 Å². The van der Waals surface area contributed by atoms with Crippen LogP contribution in [0.3, 0.4) is 0 Å². The van der Waals surface area contributed by atoms with E-state index in [1.54, 1.807) is 0 Å². The van der Waals surface area contributed by atoms with Crippen molar-refractivity contribution in [1.82, 2.24) is 5.32 Å². The fraction of sp³-hybridized carbons (Fsp3) is 0.600. The molecule has 0 aliphatic carbocycles. The van der Waals surface area contributed by atoms with E-state index in [0.29, 0.717) is 0 Å². The Balaban J connectivity index is 3.30. The number of aliphatic carboxylic acids is 1. The SMILES string of the molecule is O=C(O)CNC(=O)CCO. The zero-order valence-electron chi connectivity index (χ0n) is 5.33. The number of nitrogens with one attached hydrogen (secondary N) is 1. The highest BCUT2D eigenvalue weighted by molar-refractivity contribution is 5.81. The number of hydrogen-bond donors (Lipinski definition) is 3. The van der Waals surface area contributed by atoms with Gasteiger partial charge in [0.15, 0.2) is 0 Å². The Morgan fingerprint density at radius 3 is 2.40 bits per heavy atom. The first kappa shape index (κ1) is 8.90. The van der Waals surface area contributed by atoms with Crippen molar-refractivity contribution in [2.24, 2.45) is 0 Å². The lowest BCUT2D eigenvalue weighted by molar-refractivity contribution is -0.138. The molecule has 10 heavy (non-hydrogen) atoms. The summed E-state index contributed by atoms with van der Waals surface area (Å²) in [5.41, 5.74) is 0. The Bertz CT molecular complexity index is 134. The summed E-state index contributed by atoms with van der Waals surface area (Å²) in [6.07, 6.45) is -0.0483. The van der Waals surface area contributed by atoms with Gasteiger partial charge in [0.2, 0.25) is 5.91 Å². The van der Waals surface area contributed by atoms with Crippen molar-refractivity contribution >= 4 is 11.9 Å². The molecule has 5 heteroatoms. The molecule has 0 fully saturated rings. The molecule has 0 saturated carbocycles. The van der Waals surface area contributed by atoms with Crippen molar-refractivity contribution in [3.63, 3.8) is 0 Å². The van der Waals surface area contributed by atoms with Gasteiger partial charge in [-0.3, -0.25) is 9.59 Å². The van der Waals surface area contributed by atoms with E-state index >= 15 is 0 Å². The molecule has 58 valence electrons. The Labute approximate surface area is 57.7 Å². The summed E-state index contributed by atoms with van der Waals surface area (Å²) in [5, 5.41) is 18.3. The second-order valence-electron chi connectivity index (χ2n) is 1.64. The van der Waals surface area contributed by atoms with Crippen molar-refractivity contribution < 1.29 is 19.8 Å². The summed E-state index contributed by atoms with van der Waals surface area (Å²) in [7, 11) is 0. The summed E-state index contributed by atoms with van der Waals surface area (Å²) in [6.45, 7) is -0.649. The molecular weight excluding hydrogens is 138 g/mol. The van der Waals surface area contributed by atoms with Gasteiger partial charge in [0.05, 0.1) is 6.61 Å². The maximum Gasteiger partial charge on any atom is 0.322 e. The van der Waals surface area contributed by atoms with E-state index in [-0.39, 0.29) is 13.0 Å². The minimum Gasteiger partial charge on any atom is -0.480 e. The number of carbonyl (C=O) groups is 2. The molecule has 5 nitrogen and oxygen atoms in total. The largest absolute Gasteiger partial charge is 0.480 e. The first-order valence-electron chi connectivity index (χ1n) is 2.76. The number of carboxylic acid groups (broad SMARTS) is 1. The fourth-order valence-corrected chi connectivity index (χ4v) is 0.364. The lowest BCUT2D eigenvalue weighted by Crippen LogP contribution is -2.29. The highest BCUT2D eigenvalue weighted by Crippen LogP contribution is 1.74. The zero-order chi connectivity index (χ0) is 7.98. The lowest BCUT2D eigenvalue weighted by Gasteiger charge is -1.97. The van der Waals surface area contributed by atoms with Crippen LogP contribution in [0.5, 0.6) is 0 Å². The first-order chi connectivity index (χ1) is 4.66. The molecule has 0 rings (SSSR count). The molecule has 0 bridgehead atoms. The minimum atomic E-state index is -1.09. The van der Waals surface area contributed by atoms with Crippen molar-refractivity contribution in [1.29, 1.82) is 0 Å². The smallest absolute Gasteiger partial charge is 0.322 e. The van der Waals surface area contributed by atoms with E-state index in [0.717, 1.165) is 0 Å². The van der Waals surface area contributed by atoms with Crippen LogP contribution in [0.15, 0.2) is 0 Å². The molecule has 0 aromatic heterocycles. The molecule has 0 aliphatic rings. The second kappa shape index (κ2) is 4.75. The van der Waals surface area contributed by atoms with E-state index < -0.39 is 18.4 Å². The van der Waals surface area contributed by atoms with Crippen LogP contribution >= 0.6 is 0 Å². The lowest BCUT2D eigenvalue weighted by atomic mass is 10.4. The van der Waals surface area contributed by atoms with Gasteiger partial charge in [0, 0.05) is 6.42 Å². The maximum absolute atomic E-state index is 10.4. The average molecular weight is 147 g/mol. The van der Waals surface area contributed by atoms with Crippen molar-refractivity contribution in [3.8, 4) is 0 Å². The van der Waals surface area contributed by atoms with Crippen LogP contribution in [0, 0.1) is 0 Å². The van der Waals surface area contributed by atoms with Gasteiger partial charge in [0.25, 0.3) is 0 Å². The average Bonchev–Trinajstić information content (AvgIpc) is 1.85. The van der Waals surface area contributed by atoms with Gasteiger partial charge in [-0.05, 0) is 0 Å². The highest BCUT2D eigenvalue weighted by atomic mass is 16.4. The molecule has 0 aromatic carbocycles. The summed E-state index contributed by atoms with van der Waals surface area (Å²) in [6, 6.07) is 0. The summed E-state index contributed by atoms with van der Waals surface area (Å²) < 4.78 is 0. The summed E-state index contributed by atoms with van der Waals surface area (Å²) in [4.78, 5) is 20.2. The number of amides is 1. The van der Waals surface area contributed by atoms with Crippen LogP contribution in [-0.2, 0) is 9.59 Å². The molecular formula is C5H9NO4. The third-order valence-electron chi connectivity index (χ3n) is 0.776. The minimum absolute atomic E-state index is 0.0483. The molecule has 0 aromatic rings. The maximum atomic E-state index is 10.4. The van der Waals surface area contributed by atoms with Gasteiger partial charge >= 0.3 is 5.97 Å². The van der Waals surface area contributed by atoms with Crippen LogP contribution in [0.4, 0.5) is 0 Å². The van der Waals surface area contributed by atoms with E-state index in [1.165, 1.54) is 0 Å². The normalized spacial score (nSPS) is 8.90. The first-order valence-corrected chi connectivity index (χ1v) is 2.76. The topological polar surface area (TPSA) is 86.6 Å². The van der Waals surface area contributed by atoms with Gasteiger partial charge in [-0.2, -0.15) is 0 Å². The predicted molar refractivity (Wildman–Crippen MR) is 32.3 cm³/mol. The number of rotatable bonds is 4. The second-order valence-corrected chi connectivity index (χ2v) is 1.64. The molecule has 1 amide bonds. The van der Waals surface area contributed by atoms with Crippen LogP contribution in [0.25, 0.3) is 0 Å². The third kappa shape index (κ3) is 5.04. The molecule has 0 unspecified atom stereocenters. The van der Waals surface area contributed by atoms with Crippen LogP contribution in [0.1, 0.15) is 6.42 Å². The van der Waals surface area contributed by atoms with Crippen molar-refractivity contribution in [2.75, 3.05) is 13.2 Å². The van der Waals surface area contributed by atoms with Crippen molar-refractivity contribution in [3.05, 3.63) is 0 Å². The van der Waals surface area contributed by atoms with Gasteiger partial charge < -0.3 is 15.5 Å². The number of hydrogen-bond acceptors (Lipinski definition) is 3. The van der Waals surface area contributed by atoms with Crippen LogP contribution < -0.4 is 5.32 Å². The number of carboxylic acids is 1. The molecule has 0 spiro atoms. The highest BCUT2D eigenvalue weighted by Gasteiger charge is 2.00. The number of aliphatic hydroxyl groups is 1. The summed E-state index contributed by atoms with van der Waals surface area (Å²) in [5.74, 6) is -1.55. The monoisotopic (exact) mass is 147 g/mol. The Morgan fingerprint density at radius 1 is 1.40 bits per heavy atom. The van der Waals surface area contributed by atoms with E-state index in [9.17, 15) is 9.59 Å². The van der Waals surface area contributed by atoms with Gasteiger partial charge in [-0.15, -0.1) is 0 Å². The van der Waals surface area contributed by atoms with E-state index in [1.807, 2.05) is 0 Å². The number of carbonyl (C=O) groups excluding carboxylic acids is 1. The zero-order valence-corrected chi connectivity index (χ0v) is 5.33. The molecule has 0 aliphatic heterocycles. The Morgan fingerprint density at radius 2 is 2.00 bits per heavy atom. The van der Waals surface area contributed by atoms with Crippen LogP contribution in [0.2, 0.25) is 0 Å². The fourth-order valence-electron chi connectivity index (χ4n) is 0.364. The van der Waals surface area contributed by atoms with Gasteiger partial charge in [0.1, 0.15) is 6.54 Å². The van der Waals surface area contributed by atoms with E-state index in [2.05, 4.69) is 5.32 Å². The van der Waals surface area contributed by atoms with E-state index in [4.69, 9.17) is 10.2 Å². The molecule has 0 saturated heterocycles.